The van der Waals surface area contributed by atoms with E-state index in [4.69, 9.17) is 0 Å². The Labute approximate surface area is 115 Å². The van der Waals surface area contributed by atoms with Gasteiger partial charge >= 0.3 is 0 Å². The van der Waals surface area contributed by atoms with Crippen molar-refractivity contribution >= 4 is 32.2 Å². The number of hydrogen-bond donors (Lipinski definition) is 0. The van der Waals surface area contributed by atoms with E-state index >= 15 is 0 Å². The predicted molar refractivity (Wildman–Crippen MR) is 75.0 cm³/mol. The van der Waals surface area contributed by atoms with Gasteiger partial charge in [0.25, 0.3) is 5.56 Å². The summed E-state index contributed by atoms with van der Waals surface area (Å²) in [6, 6.07) is 9.53. The first-order valence-corrected chi connectivity index (χ1v) is 6.89. The van der Waals surface area contributed by atoms with Crippen LogP contribution >= 0.6 is 27.3 Å². The van der Waals surface area contributed by atoms with Gasteiger partial charge in [-0.25, -0.2) is 4.98 Å². The average molecular weight is 322 g/mol. The lowest BCUT2D eigenvalue weighted by Crippen LogP contribution is -2.18. The van der Waals surface area contributed by atoms with Gasteiger partial charge in [-0.3, -0.25) is 4.79 Å². The van der Waals surface area contributed by atoms with Crippen molar-refractivity contribution in [3.05, 3.63) is 50.3 Å². The van der Waals surface area contributed by atoms with Crippen molar-refractivity contribution in [1.82, 2.24) is 14.6 Å². The summed E-state index contributed by atoms with van der Waals surface area (Å²) in [5, 5.41) is 4.12. The smallest absolute Gasteiger partial charge is 0.267 e. The van der Waals surface area contributed by atoms with Crippen LogP contribution in [0.2, 0.25) is 0 Å². The van der Waals surface area contributed by atoms with Crippen molar-refractivity contribution in [3.63, 3.8) is 0 Å². The van der Waals surface area contributed by atoms with Gasteiger partial charge in [0.1, 0.15) is 0 Å². The van der Waals surface area contributed by atoms with Crippen LogP contribution < -0.4 is 5.56 Å². The zero-order chi connectivity index (χ0) is 12.7. The van der Waals surface area contributed by atoms with E-state index in [0.717, 1.165) is 11.3 Å². The standard InChI is InChI=1S/C12H8BrN3OS/c1-7-9(8-5-3-2-4-6-8)10(17)16-12(14-7)18-11(13)15-16/h2-6H,1H3. The number of halogens is 1. The Morgan fingerprint density at radius 2 is 2.00 bits per heavy atom. The molecule has 4 nitrogen and oxygen atoms in total. The van der Waals surface area contributed by atoms with Crippen LogP contribution in [0, 0.1) is 6.92 Å². The van der Waals surface area contributed by atoms with Crippen molar-refractivity contribution < 1.29 is 0 Å². The van der Waals surface area contributed by atoms with E-state index in [1.54, 1.807) is 0 Å². The topological polar surface area (TPSA) is 47.3 Å². The van der Waals surface area contributed by atoms with E-state index in [-0.39, 0.29) is 5.56 Å². The molecule has 0 fully saturated rings. The summed E-state index contributed by atoms with van der Waals surface area (Å²) in [6.07, 6.45) is 0. The Kier molecular flexibility index (Phi) is 2.76. The van der Waals surface area contributed by atoms with Crippen LogP contribution in [0.25, 0.3) is 16.1 Å². The molecule has 0 aliphatic heterocycles. The molecule has 1 aromatic carbocycles. The van der Waals surface area contributed by atoms with Crippen LogP contribution in [0.1, 0.15) is 5.69 Å². The van der Waals surface area contributed by atoms with Gasteiger partial charge < -0.3 is 0 Å². The van der Waals surface area contributed by atoms with Crippen LogP contribution in [0.3, 0.4) is 0 Å². The van der Waals surface area contributed by atoms with Crippen LogP contribution in [0.4, 0.5) is 0 Å². The quantitative estimate of drug-likeness (QED) is 0.692. The van der Waals surface area contributed by atoms with Crippen molar-refractivity contribution in [2.75, 3.05) is 0 Å². The number of aryl methyl sites for hydroxylation is 1. The molecule has 0 amide bonds. The maximum atomic E-state index is 12.4. The monoisotopic (exact) mass is 321 g/mol. The normalized spacial score (nSPS) is 11.0. The highest BCUT2D eigenvalue weighted by molar-refractivity contribution is 9.11. The van der Waals surface area contributed by atoms with Crippen molar-refractivity contribution in [2.24, 2.45) is 0 Å². The fraction of sp³-hybridized carbons (Fsp3) is 0.0833. The lowest BCUT2D eigenvalue weighted by molar-refractivity contribution is 0.884. The van der Waals surface area contributed by atoms with Crippen molar-refractivity contribution in [2.45, 2.75) is 6.92 Å². The summed E-state index contributed by atoms with van der Waals surface area (Å²) in [4.78, 5) is 17.4. The number of hydrogen-bond acceptors (Lipinski definition) is 4. The van der Waals surface area contributed by atoms with Gasteiger partial charge in [0.15, 0.2) is 3.92 Å². The first-order chi connectivity index (χ1) is 8.66. The summed E-state index contributed by atoms with van der Waals surface area (Å²) in [6.45, 7) is 1.84. The third-order valence-corrected chi connectivity index (χ3v) is 3.97. The van der Waals surface area contributed by atoms with Gasteiger partial charge in [-0.2, -0.15) is 4.52 Å². The number of aromatic nitrogens is 3. The fourth-order valence-electron chi connectivity index (χ4n) is 1.86. The molecule has 2 aromatic heterocycles. The summed E-state index contributed by atoms with van der Waals surface area (Å²) in [7, 11) is 0. The number of nitrogens with zero attached hydrogens (tertiary/aromatic N) is 3. The van der Waals surface area contributed by atoms with Gasteiger partial charge in [-0.1, -0.05) is 41.7 Å². The van der Waals surface area contributed by atoms with Gasteiger partial charge in [0.2, 0.25) is 4.96 Å². The molecule has 2 heterocycles. The number of fused-ring (bicyclic) bond motifs is 1. The molecule has 0 atom stereocenters. The SMILES string of the molecule is Cc1nc2sc(Br)nn2c(=O)c1-c1ccccc1. The second kappa shape index (κ2) is 4.29. The maximum Gasteiger partial charge on any atom is 0.283 e. The second-order valence-corrected chi connectivity index (χ2v) is 6.02. The Morgan fingerprint density at radius 3 is 2.72 bits per heavy atom. The van der Waals surface area contributed by atoms with Gasteiger partial charge in [0.05, 0.1) is 11.3 Å². The molecule has 3 rings (SSSR count). The van der Waals surface area contributed by atoms with Crippen LogP contribution in [0.15, 0.2) is 39.0 Å². The maximum absolute atomic E-state index is 12.4. The van der Waals surface area contributed by atoms with Gasteiger partial charge in [-0.05, 0) is 28.4 Å². The van der Waals surface area contributed by atoms with E-state index in [1.165, 1.54) is 15.9 Å². The molecule has 0 aliphatic rings. The molecule has 0 saturated heterocycles. The minimum absolute atomic E-state index is 0.134. The highest BCUT2D eigenvalue weighted by atomic mass is 79.9. The summed E-state index contributed by atoms with van der Waals surface area (Å²) in [5.41, 5.74) is 2.06. The molecule has 18 heavy (non-hydrogen) atoms. The summed E-state index contributed by atoms with van der Waals surface area (Å²) >= 11 is 4.61. The third kappa shape index (κ3) is 1.77. The van der Waals surface area contributed by atoms with E-state index in [2.05, 4.69) is 26.0 Å². The Morgan fingerprint density at radius 1 is 1.28 bits per heavy atom. The number of benzene rings is 1. The largest absolute Gasteiger partial charge is 0.283 e. The zero-order valence-corrected chi connectivity index (χ0v) is 11.8. The van der Waals surface area contributed by atoms with Crippen molar-refractivity contribution in [1.29, 1.82) is 0 Å². The predicted octanol–water partition coefficient (Wildman–Crippen LogP) is 2.89. The average Bonchev–Trinajstić information content (AvgIpc) is 2.71. The Bertz CT molecular complexity index is 779. The lowest BCUT2D eigenvalue weighted by Gasteiger charge is -2.04. The molecule has 3 aromatic rings. The summed E-state index contributed by atoms with van der Waals surface area (Å²) in [5.74, 6) is 0. The molecular formula is C12H8BrN3OS. The molecule has 0 bridgehead atoms. The van der Waals surface area contributed by atoms with Gasteiger partial charge in [-0.15, -0.1) is 5.10 Å². The second-order valence-electron chi connectivity index (χ2n) is 3.79. The van der Waals surface area contributed by atoms with Crippen LogP contribution in [-0.2, 0) is 0 Å². The minimum atomic E-state index is -0.134. The van der Waals surface area contributed by atoms with E-state index < -0.39 is 0 Å². The highest BCUT2D eigenvalue weighted by Gasteiger charge is 2.14. The first-order valence-electron chi connectivity index (χ1n) is 5.28. The zero-order valence-electron chi connectivity index (χ0n) is 9.42. The Balaban J connectivity index is 2.40. The first kappa shape index (κ1) is 11.6. The number of rotatable bonds is 1. The molecular weight excluding hydrogens is 314 g/mol. The van der Waals surface area contributed by atoms with Crippen LogP contribution in [0.5, 0.6) is 0 Å². The van der Waals surface area contributed by atoms with Crippen molar-refractivity contribution in [3.8, 4) is 11.1 Å². The molecule has 0 unspecified atom stereocenters. The molecule has 90 valence electrons. The molecule has 0 spiro atoms. The lowest BCUT2D eigenvalue weighted by atomic mass is 10.1. The Hall–Kier alpha value is -1.53. The minimum Gasteiger partial charge on any atom is -0.267 e. The van der Waals surface area contributed by atoms with E-state index in [9.17, 15) is 4.79 Å². The molecule has 0 radical (unpaired) electrons. The molecule has 0 saturated carbocycles. The van der Waals surface area contributed by atoms with E-state index in [0.29, 0.717) is 14.4 Å². The molecule has 0 aliphatic carbocycles. The van der Waals surface area contributed by atoms with Gasteiger partial charge in [0, 0.05) is 0 Å². The highest BCUT2D eigenvalue weighted by Crippen LogP contribution is 2.22. The molecule has 6 heteroatoms. The molecule has 0 N–H and O–H groups in total. The third-order valence-electron chi connectivity index (χ3n) is 2.63. The fourth-order valence-corrected chi connectivity index (χ4v) is 3.12. The summed E-state index contributed by atoms with van der Waals surface area (Å²) < 4.78 is 1.99. The van der Waals surface area contributed by atoms with E-state index in [1.807, 2.05) is 37.3 Å². The van der Waals surface area contributed by atoms with Crippen LogP contribution in [-0.4, -0.2) is 14.6 Å².